The summed E-state index contributed by atoms with van der Waals surface area (Å²) in [5, 5.41) is 0. The fourth-order valence-corrected chi connectivity index (χ4v) is 82.0. The van der Waals surface area contributed by atoms with Gasteiger partial charge in [0.1, 0.15) is 0 Å². The molecule has 3 saturated carbocycles. The van der Waals surface area contributed by atoms with Crippen LogP contribution in [0.4, 0.5) is 0 Å². The van der Waals surface area contributed by atoms with Crippen molar-refractivity contribution >= 4 is 0 Å². The van der Waals surface area contributed by atoms with Crippen LogP contribution in [0.3, 0.4) is 0 Å². The summed E-state index contributed by atoms with van der Waals surface area (Å²) in [6, 6.07) is 0. The molecule has 21 heavy (non-hydrogen) atoms. The van der Waals surface area contributed by atoms with Gasteiger partial charge in [0.2, 0.25) is 0 Å². The van der Waals surface area contributed by atoms with Crippen LogP contribution in [-0.4, -0.2) is 0 Å². The molecule has 6 atom stereocenters. The Bertz CT molecular complexity index is 263. The molecule has 3 aliphatic carbocycles. The zero-order valence-corrected chi connectivity index (χ0v) is 30.6. The fraction of sp³-hybridized carbons (Fsp3) is 1.00. The van der Waals surface area contributed by atoms with Gasteiger partial charge in [-0.05, 0) is 0 Å². The second kappa shape index (κ2) is 8.46. The van der Waals surface area contributed by atoms with E-state index in [1.54, 1.807) is 77.0 Å². The Balaban J connectivity index is 1.56. The molecular formula is C18H30Hg3. The first-order valence-electron chi connectivity index (χ1n) is 10.4. The topological polar surface area (TPSA) is 0 Å². The molecule has 4 aliphatic rings. The zero-order chi connectivity index (χ0) is 14.1. The summed E-state index contributed by atoms with van der Waals surface area (Å²) in [5.74, 6) is 0. The average molecular weight is 848 g/mol. The van der Waals surface area contributed by atoms with Gasteiger partial charge < -0.3 is 0 Å². The second-order valence-electron chi connectivity index (χ2n) is 9.12. The van der Waals surface area contributed by atoms with Crippen molar-refractivity contribution in [3.8, 4) is 0 Å². The molecule has 0 bridgehead atoms. The second-order valence-corrected chi connectivity index (χ2v) is 39.1. The van der Waals surface area contributed by atoms with Gasteiger partial charge in [0, 0.05) is 0 Å². The molecule has 0 spiro atoms. The first-order chi connectivity index (χ1) is 10.4. The third-order valence-corrected chi connectivity index (χ3v) is 77.4. The van der Waals surface area contributed by atoms with E-state index >= 15 is 0 Å². The molecule has 108 valence electrons. The van der Waals surface area contributed by atoms with Crippen LogP contribution >= 0.6 is 0 Å². The van der Waals surface area contributed by atoms with Crippen LogP contribution in [0.5, 0.6) is 0 Å². The molecule has 1 saturated heterocycles. The Hall–Kier alpha value is 2.81. The minimum atomic E-state index is -0.545. The van der Waals surface area contributed by atoms with Gasteiger partial charge in [0.15, 0.2) is 0 Å². The molecule has 0 aromatic carbocycles. The summed E-state index contributed by atoms with van der Waals surface area (Å²) in [7, 11) is 0. The molecule has 4 fully saturated rings. The Morgan fingerprint density at radius 1 is 0.333 bits per heavy atom. The maximum atomic E-state index is 1.77. The molecule has 1 aliphatic heterocycles. The van der Waals surface area contributed by atoms with E-state index in [1.165, 1.54) is 20.6 Å². The Morgan fingerprint density at radius 3 is 0.714 bits per heavy atom. The van der Waals surface area contributed by atoms with Gasteiger partial charge in [0.25, 0.3) is 0 Å². The molecule has 0 N–H and O–H groups in total. The third kappa shape index (κ3) is 4.32. The molecule has 0 aromatic rings. The summed E-state index contributed by atoms with van der Waals surface area (Å²) in [5.41, 5.74) is 0. The number of fused-ring (bicyclic) bond motifs is 3. The van der Waals surface area contributed by atoms with E-state index in [2.05, 4.69) is 0 Å². The summed E-state index contributed by atoms with van der Waals surface area (Å²) in [6.07, 6.45) is 20.6. The zero-order valence-electron chi connectivity index (χ0n) is 14.1. The van der Waals surface area contributed by atoms with Gasteiger partial charge in [-0.15, -0.1) is 0 Å². The SMILES string of the molecule is C1CC[CH]2[Hg][CH]3CCCC[CH]3[Hg][CH]3CCCC[CH]3[Hg][CH]2C1. The first kappa shape index (κ1) is 17.2. The van der Waals surface area contributed by atoms with Crippen molar-refractivity contribution in [3.63, 3.8) is 0 Å². The van der Waals surface area contributed by atoms with Gasteiger partial charge in [0.05, 0.1) is 0 Å². The molecule has 0 radical (unpaired) electrons. The van der Waals surface area contributed by atoms with Crippen molar-refractivity contribution < 1.29 is 73.7 Å². The molecule has 4 rings (SSSR count). The van der Waals surface area contributed by atoms with Crippen molar-refractivity contribution in [3.05, 3.63) is 0 Å². The predicted molar refractivity (Wildman–Crippen MR) is 77.9 cm³/mol. The summed E-state index contributed by atoms with van der Waals surface area (Å²) >= 11 is -1.63. The van der Waals surface area contributed by atoms with Crippen molar-refractivity contribution in [1.29, 1.82) is 0 Å². The van der Waals surface area contributed by atoms with Crippen LogP contribution in [0.15, 0.2) is 0 Å². The molecular weight excluding hydrogens is 818 g/mol. The average Bonchev–Trinajstić information content (AvgIpc) is 2.59. The molecule has 6 unspecified atom stereocenters. The van der Waals surface area contributed by atoms with Crippen molar-refractivity contribution in [2.24, 2.45) is 0 Å². The van der Waals surface area contributed by atoms with E-state index in [4.69, 9.17) is 0 Å². The third-order valence-electron chi connectivity index (χ3n) is 8.02. The Kier molecular flexibility index (Phi) is 6.94. The monoisotopic (exact) mass is 852 g/mol. The van der Waals surface area contributed by atoms with Crippen molar-refractivity contribution in [1.82, 2.24) is 0 Å². The minimum absolute atomic E-state index is 0.545. The van der Waals surface area contributed by atoms with E-state index in [-0.39, 0.29) is 0 Å². The van der Waals surface area contributed by atoms with E-state index in [9.17, 15) is 0 Å². The van der Waals surface area contributed by atoms with E-state index in [1.807, 2.05) is 0 Å². The maximum absolute atomic E-state index is 1.77. The quantitative estimate of drug-likeness (QED) is 0.239. The van der Waals surface area contributed by atoms with Gasteiger partial charge in [-0.1, -0.05) is 0 Å². The molecule has 1 heterocycles. The van der Waals surface area contributed by atoms with Crippen LogP contribution in [-0.2, 0) is 73.7 Å². The fourth-order valence-electron chi connectivity index (χ4n) is 6.88. The van der Waals surface area contributed by atoms with Crippen molar-refractivity contribution in [2.75, 3.05) is 0 Å². The normalized spacial score (nSPS) is 45.7. The summed E-state index contributed by atoms with van der Waals surface area (Å²) in [4.78, 5) is 0. The number of hydrogen-bond acceptors (Lipinski definition) is 0. The van der Waals surface area contributed by atoms with Crippen LogP contribution in [0.1, 0.15) is 77.0 Å². The summed E-state index contributed by atoms with van der Waals surface area (Å²) < 4.78 is 8.92. The van der Waals surface area contributed by atoms with Gasteiger partial charge >= 0.3 is 171 Å². The number of hydrogen-bond donors (Lipinski definition) is 0. The van der Waals surface area contributed by atoms with E-state index < -0.39 is 73.7 Å². The molecule has 0 nitrogen and oxygen atoms in total. The van der Waals surface area contributed by atoms with E-state index in [0.717, 1.165) is 0 Å². The molecule has 0 aromatic heterocycles. The molecule has 0 amide bonds. The van der Waals surface area contributed by atoms with Crippen LogP contribution in [0.2, 0.25) is 20.6 Å². The van der Waals surface area contributed by atoms with Gasteiger partial charge in [-0.25, -0.2) is 0 Å². The Morgan fingerprint density at radius 2 is 0.524 bits per heavy atom. The van der Waals surface area contributed by atoms with Crippen molar-refractivity contribution in [2.45, 2.75) is 97.6 Å². The number of rotatable bonds is 0. The van der Waals surface area contributed by atoms with Crippen LogP contribution in [0.25, 0.3) is 0 Å². The molecule has 3 heteroatoms. The predicted octanol–water partition coefficient (Wildman–Crippen LogP) is 6.70. The van der Waals surface area contributed by atoms with Gasteiger partial charge in [-0.3, -0.25) is 0 Å². The van der Waals surface area contributed by atoms with Gasteiger partial charge in [-0.2, -0.15) is 0 Å². The van der Waals surface area contributed by atoms with Crippen LogP contribution < -0.4 is 0 Å². The Labute approximate surface area is 169 Å². The summed E-state index contributed by atoms with van der Waals surface area (Å²) in [6.45, 7) is 0. The first-order valence-corrected chi connectivity index (χ1v) is 29.4. The van der Waals surface area contributed by atoms with E-state index in [0.29, 0.717) is 0 Å². The van der Waals surface area contributed by atoms with Crippen LogP contribution in [0, 0.1) is 0 Å². The standard InChI is InChI=1S/3C6H10.3Hg/c3*1-2-4-6-5-3-1;;;/h3*1-2H,3-6H2;;;.